The Kier molecular flexibility index (Phi) is 4.36. The van der Waals surface area contributed by atoms with Gasteiger partial charge in [0.15, 0.2) is 6.29 Å². The molecule has 104 valence electrons. The Hall–Kier alpha value is -1.06. The zero-order valence-corrected chi connectivity index (χ0v) is 11.3. The first-order valence-electron chi connectivity index (χ1n) is 7.39. The third-order valence-electron chi connectivity index (χ3n) is 3.86. The van der Waals surface area contributed by atoms with Gasteiger partial charge in [-0.05, 0) is 44.2 Å². The molecule has 3 heteroatoms. The molecule has 1 aliphatic carbocycles. The smallest absolute Gasteiger partial charge is 0.157 e. The van der Waals surface area contributed by atoms with Crippen molar-refractivity contribution in [3.05, 3.63) is 30.3 Å². The molecule has 2 fully saturated rings. The molecular formula is C16H22O3. The molecule has 3 rings (SSSR count). The van der Waals surface area contributed by atoms with Crippen molar-refractivity contribution >= 4 is 0 Å². The van der Waals surface area contributed by atoms with Gasteiger partial charge in [0, 0.05) is 13.0 Å². The maximum absolute atomic E-state index is 6.02. The summed E-state index contributed by atoms with van der Waals surface area (Å²) in [5.74, 6) is 0.960. The number of hydrogen-bond acceptors (Lipinski definition) is 3. The molecule has 0 amide bonds. The van der Waals surface area contributed by atoms with Gasteiger partial charge in [-0.2, -0.15) is 0 Å². The molecular weight excluding hydrogens is 240 g/mol. The zero-order chi connectivity index (χ0) is 12.9. The quantitative estimate of drug-likeness (QED) is 0.830. The molecule has 3 atom stereocenters. The Morgan fingerprint density at radius 3 is 2.58 bits per heavy atom. The van der Waals surface area contributed by atoms with Gasteiger partial charge in [0.1, 0.15) is 11.9 Å². The maximum Gasteiger partial charge on any atom is 0.157 e. The van der Waals surface area contributed by atoms with Crippen LogP contribution in [0.15, 0.2) is 30.3 Å². The van der Waals surface area contributed by atoms with Gasteiger partial charge in [-0.1, -0.05) is 18.2 Å². The summed E-state index contributed by atoms with van der Waals surface area (Å²) in [6.45, 7) is 0.849. The Bertz CT molecular complexity index is 373. The largest absolute Gasteiger partial charge is 0.490 e. The lowest BCUT2D eigenvalue weighted by Crippen LogP contribution is -2.27. The molecule has 2 aliphatic rings. The molecule has 1 saturated carbocycles. The topological polar surface area (TPSA) is 27.7 Å². The van der Waals surface area contributed by atoms with Crippen LogP contribution >= 0.6 is 0 Å². The molecule has 19 heavy (non-hydrogen) atoms. The van der Waals surface area contributed by atoms with Crippen LogP contribution in [0, 0.1) is 0 Å². The van der Waals surface area contributed by atoms with E-state index < -0.39 is 0 Å². The van der Waals surface area contributed by atoms with Crippen molar-refractivity contribution in [1.29, 1.82) is 0 Å². The van der Waals surface area contributed by atoms with Gasteiger partial charge in [-0.15, -0.1) is 0 Å². The van der Waals surface area contributed by atoms with Gasteiger partial charge >= 0.3 is 0 Å². The fourth-order valence-corrected chi connectivity index (χ4v) is 2.86. The van der Waals surface area contributed by atoms with Crippen LogP contribution in [0.5, 0.6) is 5.75 Å². The van der Waals surface area contributed by atoms with Crippen LogP contribution in [0.2, 0.25) is 0 Å². The molecule has 1 aromatic carbocycles. The number of benzene rings is 1. The van der Waals surface area contributed by atoms with E-state index in [4.69, 9.17) is 14.2 Å². The average molecular weight is 262 g/mol. The van der Waals surface area contributed by atoms with Gasteiger partial charge in [-0.3, -0.25) is 0 Å². The summed E-state index contributed by atoms with van der Waals surface area (Å²) in [7, 11) is 0. The van der Waals surface area contributed by atoms with E-state index in [1.807, 2.05) is 30.3 Å². The van der Waals surface area contributed by atoms with Crippen LogP contribution < -0.4 is 4.74 Å². The molecule has 3 nitrogen and oxygen atoms in total. The molecule has 0 aromatic heterocycles. The maximum atomic E-state index is 6.02. The Balaban J connectivity index is 1.44. The predicted octanol–water partition coefficient (Wildman–Crippen LogP) is 3.53. The number of rotatable bonds is 4. The third kappa shape index (κ3) is 3.71. The summed E-state index contributed by atoms with van der Waals surface area (Å²) in [5.41, 5.74) is 0. The van der Waals surface area contributed by atoms with E-state index in [-0.39, 0.29) is 12.4 Å². The van der Waals surface area contributed by atoms with Crippen LogP contribution in [0.25, 0.3) is 0 Å². The third-order valence-corrected chi connectivity index (χ3v) is 3.86. The van der Waals surface area contributed by atoms with E-state index >= 15 is 0 Å². The van der Waals surface area contributed by atoms with Crippen molar-refractivity contribution in [3.8, 4) is 5.75 Å². The fourth-order valence-electron chi connectivity index (χ4n) is 2.86. The van der Waals surface area contributed by atoms with Crippen molar-refractivity contribution < 1.29 is 14.2 Å². The highest BCUT2D eigenvalue weighted by Gasteiger charge is 2.29. The number of hydrogen-bond donors (Lipinski definition) is 0. The molecule has 0 spiro atoms. The molecule has 1 aliphatic heterocycles. The second-order valence-corrected chi connectivity index (χ2v) is 5.42. The molecule has 0 bridgehead atoms. The molecule has 1 heterocycles. The number of ether oxygens (including phenoxy) is 3. The highest BCUT2D eigenvalue weighted by molar-refractivity contribution is 5.21. The first-order valence-corrected chi connectivity index (χ1v) is 7.39. The van der Waals surface area contributed by atoms with Gasteiger partial charge in [0.05, 0.1) is 6.10 Å². The normalized spacial score (nSPS) is 31.3. The van der Waals surface area contributed by atoms with E-state index in [1.165, 1.54) is 12.8 Å². The minimum Gasteiger partial charge on any atom is -0.490 e. The second-order valence-electron chi connectivity index (χ2n) is 5.42. The first-order chi connectivity index (χ1) is 9.40. The van der Waals surface area contributed by atoms with E-state index in [2.05, 4.69) is 0 Å². The zero-order valence-electron chi connectivity index (χ0n) is 11.3. The molecule has 1 saturated heterocycles. The second kappa shape index (κ2) is 6.40. The highest BCUT2D eigenvalue weighted by atomic mass is 16.7. The lowest BCUT2D eigenvalue weighted by Gasteiger charge is -2.25. The van der Waals surface area contributed by atoms with E-state index in [0.29, 0.717) is 6.10 Å². The summed E-state index contributed by atoms with van der Waals surface area (Å²) in [6, 6.07) is 10.0. The molecule has 0 radical (unpaired) electrons. The van der Waals surface area contributed by atoms with Gasteiger partial charge < -0.3 is 14.2 Å². The van der Waals surface area contributed by atoms with Crippen LogP contribution in [-0.4, -0.2) is 25.1 Å². The summed E-state index contributed by atoms with van der Waals surface area (Å²) < 4.78 is 17.6. The minimum atomic E-state index is 0.0224. The Morgan fingerprint density at radius 1 is 0.947 bits per heavy atom. The number of para-hydroxylation sites is 1. The first kappa shape index (κ1) is 12.9. The summed E-state index contributed by atoms with van der Waals surface area (Å²) in [5, 5.41) is 0. The molecule has 0 N–H and O–H groups in total. The van der Waals surface area contributed by atoms with Crippen LogP contribution in [0.3, 0.4) is 0 Å². The SMILES string of the molecule is c1ccc(O[C@H]2CC[C@H](OC3CCCCO3)C2)cc1. The standard InChI is InChI=1S/C16H22O3/c1-2-6-13(7-3-1)18-14-9-10-15(12-14)19-16-8-4-5-11-17-16/h1-3,6-7,14-16H,4-5,8-12H2/t14-,15-,16?/m0/s1. The summed E-state index contributed by atoms with van der Waals surface area (Å²) >= 11 is 0. The van der Waals surface area contributed by atoms with Crippen molar-refractivity contribution in [2.45, 2.75) is 57.0 Å². The van der Waals surface area contributed by atoms with Crippen molar-refractivity contribution in [2.24, 2.45) is 0 Å². The van der Waals surface area contributed by atoms with Crippen molar-refractivity contribution in [1.82, 2.24) is 0 Å². The monoisotopic (exact) mass is 262 g/mol. The van der Waals surface area contributed by atoms with Crippen molar-refractivity contribution in [3.63, 3.8) is 0 Å². The summed E-state index contributed by atoms with van der Waals surface area (Å²) in [4.78, 5) is 0. The lowest BCUT2D eigenvalue weighted by atomic mass is 10.2. The van der Waals surface area contributed by atoms with Gasteiger partial charge in [0.25, 0.3) is 0 Å². The Morgan fingerprint density at radius 2 is 1.79 bits per heavy atom. The minimum absolute atomic E-state index is 0.0224. The van der Waals surface area contributed by atoms with Gasteiger partial charge in [-0.25, -0.2) is 0 Å². The van der Waals surface area contributed by atoms with E-state index in [9.17, 15) is 0 Å². The molecule has 1 unspecified atom stereocenters. The van der Waals surface area contributed by atoms with Crippen LogP contribution in [0.1, 0.15) is 38.5 Å². The van der Waals surface area contributed by atoms with Crippen molar-refractivity contribution in [2.75, 3.05) is 6.61 Å². The van der Waals surface area contributed by atoms with Gasteiger partial charge in [0.2, 0.25) is 0 Å². The fraction of sp³-hybridized carbons (Fsp3) is 0.625. The van der Waals surface area contributed by atoms with Crippen LogP contribution in [-0.2, 0) is 9.47 Å². The van der Waals surface area contributed by atoms with E-state index in [0.717, 1.165) is 38.0 Å². The average Bonchev–Trinajstić information content (AvgIpc) is 2.88. The molecule has 1 aromatic rings. The lowest BCUT2D eigenvalue weighted by molar-refractivity contribution is -0.187. The summed E-state index contributed by atoms with van der Waals surface area (Å²) in [6.07, 6.45) is 7.19. The predicted molar refractivity (Wildman–Crippen MR) is 73.2 cm³/mol. The van der Waals surface area contributed by atoms with E-state index in [1.54, 1.807) is 0 Å². The Labute approximate surface area is 114 Å². The van der Waals surface area contributed by atoms with Crippen LogP contribution in [0.4, 0.5) is 0 Å². The highest BCUT2D eigenvalue weighted by Crippen LogP contribution is 2.28.